The Bertz CT molecular complexity index is 1460. The Labute approximate surface area is 207 Å². The van der Waals surface area contributed by atoms with E-state index in [0.717, 1.165) is 16.5 Å². The highest BCUT2D eigenvalue weighted by molar-refractivity contribution is 6.11. The SMILES string of the molecule is O=C(Nc1ccc2c(c1)OCO2)c1nn(Cc2cccc(C(=O)N3CCOCC3)c2)c2ccccc12. The lowest BCUT2D eigenvalue weighted by Gasteiger charge is -2.27. The minimum Gasteiger partial charge on any atom is -0.454 e. The highest BCUT2D eigenvalue weighted by Gasteiger charge is 2.21. The van der Waals surface area contributed by atoms with E-state index in [1.165, 1.54) is 0 Å². The molecule has 182 valence electrons. The van der Waals surface area contributed by atoms with Gasteiger partial charge in [-0.3, -0.25) is 14.3 Å². The minimum absolute atomic E-state index is 0.00531. The summed E-state index contributed by atoms with van der Waals surface area (Å²) in [7, 11) is 0. The van der Waals surface area contributed by atoms with Gasteiger partial charge in [0.2, 0.25) is 6.79 Å². The fraction of sp³-hybridized carbons (Fsp3) is 0.222. The van der Waals surface area contributed by atoms with Gasteiger partial charge in [-0.15, -0.1) is 0 Å². The number of aromatic nitrogens is 2. The highest BCUT2D eigenvalue weighted by atomic mass is 16.7. The average Bonchev–Trinajstić information content (AvgIpc) is 3.53. The lowest BCUT2D eigenvalue weighted by molar-refractivity contribution is 0.0303. The number of nitrogens with zero attached hydrogens (tertiary/aromatic N) is 3. The van der Waals surface area contributed by atoms with Crippen LogP contribution in [0.2, 0.25) is 0 Å². The number of rotatable bonds is 5. The van der Waals surface area contributed by atoms with E-state index in [1.807, 2.05) is 53.4 Å². The van der Waals surface area contributed by atoms with Crippen molar-refractivity contribution in [1.29, 1.82) is 0 Å². The van der Waals surface area contributed by atoms with Crippen molar-refractivity contribution in [2.24, 2.45) is 0 Å². The van der Waals surface area contributed by atoms with Gasteiger partial charge < -0.3 is 24.4 Å². The van der Waals surface area contributed by atoms with Gasteiger partial charge in [0.1, 0.15) is 0 Å². The Hall–Kier alpha value is -4.37. The van der Waals surface area contributed by atoms with Crippen LogP contribution in [0.1, 0.15) is 26.4 Å². The largest absolute Gasteiger partial charge is 0.454 e. The second kappa shape index (κ2) is 9.35. The summed E-state index contributed by atoms with van der Waals surface area (Å²) in [6.07, 6.45) is 0. The number of anilines is 1. The van der Waals surface area contributed by atoms with Crippen LogP contribution in [0.15, 0.2) is 66.7 Å². The first kappa shape index (κ1) is 22.1. The third-order valence-electron chi connectivity index (χ3n) is 6.31. The molecular weight excluding hydrogens is 460 g/mol. The number of amides is 2. The number of ether oxygens (including phenoxy) is 3. The molecule has 1 fully saturated rings. The van der Waals surface area contributed by atoms with Crippen LogP contribution in [0.3, 0.4) is 0 Å². The summed E-state index contributed by atoms with van der Waals surface area (Å²) in [5.41, 5.74) is 3.30. The molecule has 36 heavy (non-hydrogen) atoms. The predicted octanol–water partition coefficient (Wildman–Crippen LogP) is 3.54. The zero-order valence-corrected chi connectivity index (χ0v) is 19.5. The molecule has 2 amide bonds. The van der Waals surface area contributed by atoms with Crippen molar-refractivity contribution in [3.05, 3.63) is 83.6 Å². The van der Waals surface area contributed by atoms with Gasteiger partial charge in [0.25, 0.3) is 11.8 Å². The first-order valence-electron chi connectivity index (χ1n) is 11.8. The van der Waals surface area contributed by atoms with Gasteiger partial charge in [-0.25, -0.2) is 0 Å². The van der Waals surface area contributed by atoms with E-state index < -0.39 is 0 Å². The molecule has 0 atom stereocenters. The number of hydrogen-bond acceptors (Lipinski definition) is 6. The normalized spacial score (nSPS) is 14.7. The number of morpholine rings is 1. The van der Waals surface area contributed by atoms with Crippen LogP contribution in [0, 0.1) is 0 Å². The smallest absolute Gasteiger partial charge is 0.276 e. The molecule has 4 aromatic rings. The monoisotopic (exact) mass is 484 g/mol. The number of fused-ring (bicyclic) bond motifs is 2. The van der Waals surface area contributed by atoms with Crippen LogP contribution in [-0.4, -0.2) is 59.6 Å². The third-order valence-corrected chi connectivity index (χ3v) is 6.31. The molecule has 6 rings (SSSR count). The molecule has 2 aliphatic rings. The second-order valence-electron chi connectivity index (χ2n) is 8.65. The number of benzene rings is 3. The van der Waals surface area contributed by atoms with Crippen LogP contribution in [0.25, 0.3) is 10.9 Å². The molecule has 0 unspecified atom stereocenters. The fourth-order valence-electron chi connectivity index (χ4n) is 4.50. The fourth-order valence-corrected chi connectivity index (χ4v) is 4.50. The summed E-state index contributed by atoms with van der Waals surface area (Å²) in [5.74, 6) is 0.918. The van der Waals surface area contributed by atoms with Gasteiger partial charge in [0.15, 0.2) is 17.2 Å². The van der Waals surface area contributed by atoms with Gasteiger partial charge in [-0.05, 0) is 35.9 Å². The molecule has 0 bridgehead atoms. The molecule has 9 nitrogen and oxygen atoms in total. The Morgan fingerprint density at radius 3 is 2.64 bits per heavy atom. The highest BCUT2D eigenvalue weighted by Crippen LogP contribution is 2.34. The summed E-state index contributed by atoms with van der Waals surface area (Å²) in [5, 5.41) is 8.31. The Morgan fingerprint density at radius 1 is 0.917 bits per heavy atom. The minimum atomic E-state index is -0.319. The van der Waals surface area contributed by atoms with E-state index in [0.29, 0.717) is 61.3 Å². The van der Waals surface area contributed by atoms with Gasteiger partial charge in [0, 0.05) is 35.8 Å². The van der Waals surface area contributed by atoms with E-state index in [-0.39, 0.29) is 18.6 Å². The standard InChI is InChI=1S/C27H24N4O5/c32-26(28-20-8-9-23-24(15-20)36-17-35-23)25-21-6-1-2-7-22(21)31(29-25)16-18-4-3-5-19(14-18)27(33)30-10-12-34-13-11-30/h1-9,14-15H,10-13,16-17H2,(H,28,32). The predicted molar refractivity (Wildman–Crippen MR) is 133 cm³/mol. The number of carbonyl (C=O) groups is 2. The summed E-state index contributed by atoms with van der Waals surface area (Å²) >= 11 is 0. The van der Waals surface area contributed by atoms with Crippen molar-refractivity contribution >= 4 is 28.4 Å². The molecular formula is C27H24N4O5. The van der Waals surface area contributed by atoms with E-state index in [4.69, 9.17) is 14.2 Å². The molecule has 0 saturated carbocycles. The van der Waals surface area contributed by atoms with Crippen LogP contribution in [-0.2, 0) is 11.3 Å². The maximum absolute atomic E-state index is 13.2. The molecule has 0 spiro atoms. The number of para-hydroxylation sites is 1. The molecule has 3 aromatic carbocycles. The first-order chi connectivity index (χ1) is 17.7. The van der Waals surface area contributed by atoms with Crippen LogP contribution >= 0.6 is 0 Å². The van der Waals surface area contributed by atoms with E-state index >= 15 is 0 Å². The Kier molecular flexibility index (Phi) is 5.74. The topological polar surface area (TPSA) is 94.9 Å². The molecule has 1 saturated heterocycles. The van der Waals surface area contributed by atoms with E-state index in [2.05, 4.69) is 10.4 Å². The molecule has 0 aliphatic carbocycles. The average molecular weight is 485 g/mol. The zero-order valence-electron chi connectivity index (χ0n) is 19.5. The number of hydrogen-bond donors (Lipinski definition) is 1. The van der Waals surface area contributed by atoms with Crippen LogP contribution in [0.5, 0.6) is 11.5 Å². The van der Waals surface area contributed by atoms with Gasteiger partial charge in [0.05, 0.1) is 25.3 Å². The number of carbonyl (C=O) groups excluding carboxylic acids is 2. The summed E-state index contributed by atoms with van der Waals surface area (Å²) in [4.78, 5) is 27.9. The quantitative estimate of drug-likeness (QED) is 0.466. The maximum atomic E-state index is 13.2. The first-order valence-corrected chi connectivity index (χ1v) is 11.8. The van der Waals surface area contributed by atoms with Crippen molar-refractivity contribution in [2.75, 3.05) is 38.4 Å². The van der Waals surface area contributed by atoms with Crippen molar-refractivity contribution < 1.29 is 23.8 Å². The molecule has 2 aliphatic heterocycles. The van der Waals surface area contributed by atoms with Gasteiger partial charge in [-0.1, -0.05) is 30.3 Å². The molecule has 0 radical (unpaired) electrons. The van der Waals surface area contributed by atoms with Crippen molar-refractivity contribution in [1.82, 2.24) is 14.7 Å². The van der Waals surface area contributed by atoms with Gasteiger partial charge >= 0.3 is 0 Å². The third kappa shape index (κ3) is 4.25. The maximum Gasteiger partial charge on any atom is 0.276 e. The van der Waals surface area contributed by atoms with Gasteiger partial charge in [-0.2, -0.15) is 5.10 Å². The second-order valence-corrected chi connectivity index (χ2v) is 8.65. The zero-order chi connectivity index (χ0) is 24.5. The summed E-state index contributed by atoms with van der Waals surface area (Å²) < 4.78 is 17.9. The summed E-state index contributed by atoms with van der Waals surface area (Å²) in [6, 6.07) is 20.4. The Morgan fingerprint density at radius 2 is 1.75 bits per heavy atom. The molecule has 3 heterocycles. The molecule has 1 N–H and O–H groups in total. The summed E-state index contributed by atoms with van der Waals surface area (Å²) in [6.45, 7) is 2.88. The lowest BCUT2D eigenvalue weighted by Crippen LogP contribution is -2.40. The Balaban J connectivity index is 1.26. The number of nitrogens with one attached hydrogen (secondary N) is 1. The van der Waals surface area contributed by atoms with Crippen molar-refractivity contribution in [2.45, 2.75) is 6.54 Å². The molecule has 9 heteroatoms. The van der Waals surface area contributed by atoms with E-state index in [9.17, 15) is 9.59 Å². The lowest BCUT2D eigenvalue weighted by atomic mass is 10.1. The van der Waals surface area contributed by atoms with Crippen LogP contribution in [0.4, 0.5) is 5.69 Å². The van der Waals surface area contributed by atoms with Crippen molar-refractivity contribution in [3.63, 3.8) is 0 Å². The molecule has 1 aromatic heterocycles. The van der Waals surface area contributed by atoms with Crippen LogP contribution < -0.4 is 14.8 Å². The van der Waals surface area contributed by atoms with Crippen molar-refractivity contribution in [3.8, 4) is 11.5 Å². The van der Waals surface area contributed by atoms with E-state index in [1.54, 1.807) is 22.9 Å².